The van der Waals surface area contributed by atoms with Crippen molar-refractivity contribution in [2.45, 2.75) is 36.6 Å². The van der Waals surface area contributed by atoms with E-state index in [4.69, 9.17) is 4.74 Å². The first-order chi connectivity index (χ1) is 16.5. The number of rotatable bonds is 6. The number of benzene rings is 3. The molecule has 0 radical (unpaired) electrons. The first-order valence-electron chi connectivity index (χ1n) is 12.0. The highest BCUT2D eigenvalue weighted by Gasteiger charge is 2.30. The normalized spacial score (nSPS) is 19.5. The van der Waals surface area contributed by atoms with Crippen molar-refractivity contribution in [2.75, 3.05) is 32.8 Å². The first-order valence-corrected chi connectivity index (χ1v) is 13.4. The lowest BCUT2D eigenvalue weighted by Crippen LogP contribution is -2.40. The van der Waals surface area contributed by atoms with Crippen LogP contribution in [0.4, 0.5) is 0 Å². The third kappa shape index (κ3) is 4.60. The molecule has 178 valence electrons. The molecule has 0 saturated carbocycles. The molecule has 2 aliphatic heterocycles. The smallest absolute Gasteiger partial charge is 0.243 e. The van der Waals surface area contributed by atoms with Gasteiger partial charge < -0.3 is 9.64 Å². The molecule has 5 rings (SSSR count). The van der Waals surface area contributed by atoms with Crippen molar-refractivity contribution in [1.82, 2.24) is 9.21 Å². The van der Waals surface area contributed by atoms with Crippen molar-refractivity contribution in [3.63, 3.8) is 0 Å². The van der Waals surface area contributed by atoms with Gasteiger partial charge in [-0.15, -0.1) is 0 Å². The summed E-state index contributed by atoms with van der Waals surface area (Å²) in [5.41, 5.74) is 2.19. The third-order valence-electron chi connectivity index (χ3n) is 6.91. The Bertz CT molecular complexity index is 1260. The molecule has 0 bridgehead atoms. The highest BCUT2D eigenvalue weighted by atomic mass is 32.2. The molecule has 0 N–H and O–H groups in total. The van der Waals surface area contributed by atoms with Crippen molar-refractivity contribution in [1.29, 1.82) is 0 Å². The predicted molar refractivity (Wildman–Crippen MR) is 132 cm³/mol. The number of morpholine rings is 1. The highest BCUT2D eigenvalue weighted by Crippen LogP contribution is 2.36. The van der Waals surface area contributed by atoms with Crippen LogP contribution in [0.25, 0.3) is 10.8 Å². The summed E-state index contributed by atoms with van der Waals surface area (Å²) in [7, 11) is -3.50. The summed E-state index contributed by atoms with van der Waals surface area (Å²) in [6.07, 6.45) is 2.99. The number of amides is 1. The van der Waals surface area contributed by atoms with E-state index in [0.29, 0.717) is 44.0 Å². The molecule has 1 unspecified atom stereocenters. The van der Waals surface area contributed by atoms with Crippen molar-refractivity contribution in [3.05, 3.63) is 77.9 Å². The molecular weight excluding hydrogens is 448 g/mol. The molecule has 3 aromatic carbocycles. The standard InChI is InChI=1S/C27H30N2O4S/c30-27(29-16-4-9-26(29)25-8-3-6-22-5-1-2-7-24(22)25)15-12-21-10-13-23(14-11-21)34(31,32)28-17-19-33-20-18-28/h1-3,5-8,10-11,13-14,26H,4,9,12,15-20H2. The molecule has 2 heterocycles. The van der Waals surface area contributed by atoms with Crippen LogP contribution in [0, 0.1) is 0 Å². The number of nitrogens with zero attached hydrogens (tertiary/aromatic N) is 2. The minimum atomic E-state index is -3.50. The fourth-order valence-electron chi connectivity index (χ4n) is 5.09. The minimum absolute atomic E-state index is 0.111. The van der Waals surface area contributed by atoms with Crippen LogP contribution in [0.2, 0.25) is 0 Å². The van der Waals surface area contributed by atoms with E-state index in [1.165, 1.54) is 20.6 Å². The van der Waals surface area contributed by atoms with Crippen LogP contribution in [0.3, 0.4) is 0 Å². The Kier molecular flexibility index (Phi) is 6.68. The molecule has 7 heteroatoms. The summed E-state index contributed by atoms with van der Waals surface area (Å²) in [5.74, 6) is 0.153. The average molecular weight is 479 g/mol. The molecule has 0 spiro atoms. The third-order valence-corrected chi connectivity index (χ3v) is 8.83. The number of fused-ring (bicyclic) bond motifs is 1. The minimum Gasteiger partial charge on any atom is -0.379 e. The number of hydrogen-bond donors (Lipinski definition) is 0. The fraction of sp³-hybridized carbons (Fsp3) is 0.370. The van der Waals surface area contributed by atoms with Crippen molar-refractivity contribution < 1.29 is 17.9 Å². The van der Waals surface area contributed by atoms with Gasteiger partial charge in [-0.1, -0.05) is 54.6 Å². The zero-order valence-corrected chi connectivity index (χ0v) is 20.0. The largest absolute Gasteiger partial charge is 0.379 e. The molecule has 0 aromatic heterocycles. The summed E-state index contributed by atoms with van der Waals surface area (Å²) in [4.78, 5) is 15.5. The van der Waals surface area contributed by atoms with Crippen molar-refractivity contribution >= 4 is 26.7 Å². The molecule has 2 saturated heterocycles. The van der Waals surface area contributed by atoms with E-state index < -0.39 is 10.0 Å². The Hall–Kier alpha value is -2.74. The van der Waals surface area contributed by atoms with E-state index in [0.717, 1.165) is 24.9 Å². The zero-order valence-electron chi connectivity index (χ0n) is 19.2. The summed E-state index contributed by atoms with van der Waals surface area (Å²) in [6.45, 7) is 2.40. The van der Waals surface area contributed by atoms with Crippen LogP contribution in [-0.2, 0) is 26.0 Å². The number of carbonyl (C=O) groups excluding carboxylic acids is 1. The van der Waals surface area contributed by atoms with Crippen LogP contribution in [-0.4, -0.2) is 56.4 Å². The molecule has 3 aromatic rings. The maximum Gasteiger partial charge on any atom is 0.243 e. The van der Waals surface area contributed by atoms with E-state index in [-0.39, 0.29) is 11.9 Å². The van der Waals surface area contributed by atoms with Gasteiger partial charge in [-0.25, -0.2) is 8.42 Å². The Balaban J connectivity index is 1.25. The summed E-state index contributed by atoms with van der Waals surface area (Å²) >= 11 is 0. The molecule has 34 heavy (non-hydrogen) atoms. The van der Waals surface area contributed by atoms with Gasteiger partial charge in [-0.2, -0.15) is 4.31 Å². The highest BCUT2D eigenvalue weighted by molar-refractivity contribution is 7.89. The van der Waals surface area contributed by atoms with Gasteiger partial charge in [0.1, 0.15) is 0 Å². The van der Waals surface area contributed by atoms with Gasteiger partial charge >= 0.3 is 0 Å². The van der Waals surface area contributed by atoms with Crippen LogP contribution < -0.4 is 0 Å². The van der Waals surface area contributed by atoms with Crippen LogP contribution in [0.1, 0.15) is 36.4 Å². The maximum atomic E-state index is 13.2. The summed E-state index contributed by atoms with van der Waals surface area (Å²) < 4.78 is 32.4. The zero-order chi connectivity index (χ0) is 23.5. The number of likely N-dealkylation sites (tertiary alicyclic amines) is 1. The van der Waals surface area contributed by atoms with Gasteiger partial charge in [0.25, 0.3) is 0 Å². The first kappa shape index (κ1) is 23.0. The lowest BCUT2D eigenvalue weighted by atomic mass is 9.97. The molecule has 0 aliphatic carbocycles. The Labute approximate surface area is 201 Å². The lowest BCUT2D eigenvalue weighted by molar-refractivity contribution is -0.132. The Morgan fingerprint density at radius 2 is 1.65 bits per heavy atom. The van der Waals surface area contributed by atoms with Gasteiger partial charge in [0, 0.05) is 26.1 Å². The summed E-state index contributed by atoms with van der Waals surface area (Å²) in [5, 5.41) is 2.41. The van der Waals surface area contributed by atoms with E-state index in [2.05, 4.69) is 36.4 Å². The van der Waals surface area contributed by atoms with Gasteiger partial charge in [-0.3, -0.25) is 4.79 Å². The number of carbonyl (C=O) groups is 1. The number of ether oxygens (including phenoxy) is 1. The second-order valence-corrected chi connectivity index (χ2v) is 10.9. The molecule has 2 fully saturated rings. The van der Waals surface area contributed by atoms with Gasteiger partial charge in [0.2, 0.25) is 15.9 Å². The molecule has 2 aliphatic rings. The van der Waals surface area contributed by atoms with Gasteiger partial charge in [0.05, 0.1) is 24.2 Å². The fourth-order valence-corrected chi connectivity index (χ4v) is 6.50. The van der Waals surface area contributed by atoms with E-state index in [1.807, 2.05) is 23.1 Å². The molecule has 1 atom stereocenters. The van der Waals surface area contributed by atoms with E-state index in [1.54, 1.807) is 12.1 Å². The number of sulfonamides is 1. The number of hydrogen-bond acceptors (Lipinski definition) is 4. The van der Waals surface area contributed by atoms with Crippen molar-refractivity contribution in [3.8, 4) is 0 Å². The average Bonchev–Trinajstić information content (AvgIpc) is 3.38. The second-order valence-electron chi connectivity index (χ2n) is 8.97. The molecule has 1 amide bonds. The lowest BCUT2D eigenvalue weighted by Gasteiger charge is -2.26. The maximum absolute atomic E-state index is 13.2. The monoisotopic (exact) mass is 478 g/mol. The van der Waals surface area contributed by atoms with Crippen LogP contribution in [0.5, 0.6) is 0 Å². The molecular formula is C27H30N2O4S. The molecule has 6 nitrogen and oxygen atoms in total. The van der Waals surface area contributed by atoms with E-state index in [9.17, 15) is 13.2 Å². The summed E-state index contributed by atoms with van der Waals surface area (Å²) in [6, 6.07) is 21.7. The van der Waals surface area contributed by atoms with Gasteiger partial charge in [0.15, 0.2) is 0 Å². The van der Waals surface area contributed by atoms with Crippen LogP contribution in [0.15, 0.2) is 71.6 Å². The second kappa shape index (κ2) is 9.86. The van der Waals surface area contributed by atoms with Crippen LogP contribution >= 0.6 is 0 Å². The topological polar surface area (TPSA) is 66.9 Å². The van der Waals surface area contributed by atoms with Gasteiger partial charge in [-0.05, 0) is 53.3 Å². The SMILES string of the molecule is O=C(CCc1ccc(S(=O)(=O)N2CCOCC2)cc1)N1CCCC1c1cccc2ccccc12. The van der Waals surface area contributed by atoms with Crippen molar-refractivity contribution in [2.24, 2.45) is 0 Å². The predicted octanol–water partition coefficient (Wildman–Crippen LogP) is 4.16. The number of aryl methyl sites for hydroxylation is 1. The van der Waals surface area contributed by atoms with E-state index >= 15 is 0 Å². The Morgan fingerprint density at radius 3 is 2.44 bits per heavy atom. The Morgan fingerprint density at radius 1 is 0.912 bits per heavy atom. The quantitative estimate of drug-likeness (QED) is 0.534.